The second-order valence-corrected chi connectivity index (χ2v) is 12.1. The van der Waals surface area contributed by atoms with E-state index in [0.717, 1.165) is 21.4 Å². The maximum absolute atomic E-state index is 14.2. The van der Waals surface area contributed by atoms with Crippen LogP contribution < -0.4 is 33.8 Å². The van der Waals surface area contributed by atoms with Crippen LogP contribution >= 0.6 is 11.8 Å². The predicted octanol–water partition coefficient (Wildman–Crippen LogP) is 7.39. The summed E-state index contributed by atoms with van der Waals surface area (Å²) < 4.78 is 53.6. The molecule has 0 saturated heterocycles. The summed E-state index contributed by atoms with van der Waals surface area (Å²) in [5.41, 5.74) is 2.27. The molecule has 0 bridgehead atoms. The van der Waals surface area contributed by atoms with Gasteiger partial charge in [-0.15, -0.1) is 11.8 Å². The third-order valence-corrected chi connectivity index (χ3v) is 9.14. The summed E-state index contributed by atoms with van der Waals surface area (Å²) in [6.07, 6.45) is -1.01. The Balaban J connectivity index is 1.35. The Kier molecular flexibility index (Phi) is 10.3. The van der Waals surface area contributed by atoms with E-state index in [0.29, 0.717) is 34.3 Å². The van der Waals surface area contributed by atoms with Gasteiger partial charge in [0.25, 0.3) is 0 Å². The van der Waals surface area contributed by atoms with E-state index in [1.54, 1.807) is 36.4 Å². The van der Waals surface area contributed by atoms with Gasteiger partial charge < -0.3 is 37.9 Å². The van der Waals surface area contributed by atoms with Crippen molar-refractivity contribution >= 4 is 33.6 Å². The summed E-state index contributed by atoms with van der Waals surface area (Å²) in [7, 11) is 7.38. The largest absolute Gasteiger partial charge is 0.496 e. The van der Waals surface area contributed by atoms with Crippen LogP contribution in [0.15, 0.2) is 93.0 Å². The SMILES string of the molecule is COc1cc(OC)c2c(=O)c(OCC(O)CSc3cc(-c4ccc(F)cc4)nc4ccccc34)c(-c3cc(OC)c(OC)c(OC)c3)oc2c1. The molecule has 258 valence electrons. The van der Waals surface area contributed by atoms with Crippen LogP contribution in [-0.4, -0.2) is 64.1 Å². The Hall–Kier alpha value is -5.46. The number of rotatable bonds is 13. The van der Waals surface area contributed by atoms with Gasteiger partial charge in [0, 0.05) is 39.3 Å². The summed E-state index contributed by atoms with van der Waals surface area (Å²) in [5.74, 6) is 1.47. The van der Waals surface area contributed by atoms with Gasteiger partial charge in [0.2, 0.25) is 16.9 Å². The number of thioether (sulfide) groups is 1. The van der Waals surface area contributed by atoms with E-state index in [-0.39, 0.29) is 46.4 Å². The van der Waals surface area contributed by atoms with Crippen LogP contribution in [0.2, 0.25) is 0 Å². The van der Waals surface area contributed by atoms with Gasteiger partial charge in [-0.2, -0.15) is 0 Å². The van der Waals surface area contributed by atoms with Crippen molar-refractivity contribution in [2.45, 2.75) is 11.0 Å². The van der Waals surface area contributed by atoms with E-state index in [4.69, 9.17) is 37.8 Å². The van der Waals surface area contributed by atoms with E-state index < -0.39 is 11.5 Å². The molecule has 1 N–H and O–H groups in total. The van der Waals surface area contributed by atoms with E-state index >= 15 is 0 Å². The van der Waals surface area contributed by atoms with Crippen LogP contribution in [0.5, 0.6) is 34.5 Å². The lowest BCUT2D eigenvalue weighted by molar-refractivity contribution is 0.125. The molecule has 1 unspecified atom stereocenters. The first kappa shape index (κ1) is 34.4. The summed E-state index contributed by atoms with van der Waals surface area (Å²) in [5, 5.41) is 12.2. The Bertz CT molecular complexity index is 2200. The molecule has 0 saturated carbocycles. The number of methoxy groups -OCH3 is 5. The molecule has 0 spiro atoms. The van der Waals surface area contributed by atoms with Crippen LogP contribution in [-0.2, 0) is 0 Å². The number of nitrogens with zero attached hydrogens (tertiary/aromatic N) is 1. The highest BCUT2D eigenvalue weighted by atomic mass is 32.2. The fraction of sp³-hybridized carbons (Fsp3) is 0.211. The molecule has 0 radical (unpaired) electrons. The highest BCUT2D eigenvalue weighted by Gasteiger charge is 2.25. The Morgan fingerprint density at radius 2 is 1.50 bits per heavy atom. The molecule has 0 fully saturated rings. The lowest BCUT2D eigenvalue weighted by Gasteiger charge is -2.18. The molecule has 4 aromatic carbocycles. The summed E-state index contributed by atoms with van der Waals surface area (Å²) >= 11 is 1.41. The van der Waals surface area contributed by atoms with E-state index in [2.05, 4.69) is 0 Å². The van der Waals surface area contributed by atoms with Gasteiger partial charge in [0.15, 0.2) is 17.3 Å². The predicted molar refractivity (Wildman–Crippen MR) is 190 cm³/mol. The number of fused-ring (bicyclic) bond motifs is 2. The quantitative estimate of drug-likeness (QED) is 0.122. The molecule has 2 heterocycles. The first-order valence-electron chi connectivity index (χ1n) is 15.4. The molecule has 0 aliphatic carbocycles. The van der Waals surface area contributed by atoms with Crippen molar-refractivity contribution in [3.8, 4) is 57.1 Å². The minimum Gasteiger partial charge on any atom is -0.496 e. The van der Waals surface area contributed by atoms with Crippen molar-refractivity contribution in [2.75, 3.05) is 47.9 Å². The number of para-hydroxylation sites is 1. The molecular formula is C38H34FNO9S. The average molecular weight is 700 g/mol. The van der Waals surface area contributed by atoms with Gasteiger partial charge >= 0.3 is 0 Å². The van der Waals surface area contributed by atoms with Crippen molar-refractivity contribution in [3.05, 3.63) is 94.9 Å². The van der Waals surface area contributed by atoms with Gasteiger partial charge in [-0.05, 0) is 48.5 Å². The fourth-order valence-corrected chi connectivity index (χ4v) is 6.49. The lowest BCUT2D eigenvalue weighted by atomic mass is 10.1. The second-order valence-electron chi connectivity index (χ2n) is 11.0. The molecule has 10 nitrogen and oxygen atoms in total. The van der Waals surface area contributed by atoms with E-state index in [9.17, 15) is 14.3 Å². The summed E-state index contributed by atoms with van der Waals surface area (Å²) in [6.45, 7) is -0.243. The molecule has 6 aromatic rings. The molecule has 0 aliphatic heterocycles. The normalized spacial score (nSPS) is 11.7. The van der Waals surface area contributed by atoms with Crippen LogP contribution in [0, 0.1) is 5.82 Å². The molecule has 12 heteroatoms. The number of halogens is 1. The lowest BCUT2D eigenvalue weighted by Crippen LogP contribution is -2.23. The molecule has 0 aliphatic rings. The maximum Gasteiger partial charge on any atom is 0.239 e. The second kappa shape index (κ2) is 15.0. The summed E-state index contributed by atoms with van der Waals surface area (Å²) in [6, 6.07) is 22.1. The topological polar surface area (TPSA) is 119 Å². The number of aromatic nitrogens is 1. The third-order valence-electron chi connectivity index (χ3n) is 7.94. The van der Waals surface area contributed by atoms with Crippen LogP contribution in [0.4, 0.5) is 4.39 Å². The number of pyridine rings is 1. The van der Waals surface area contributed by atoms with Gasteiger partial charge in [-0.1, -0.05) is 18.2 Å². The molecule has 1 atom stereocenters. The van der Waals surface area contributed by atoms with Gasteiger partial charge in [-0.25, -0.2) is 9.37 Å². The van der Waals surface area contributed by atoms with Crippen molar-refractivity contribution in [1.29, 1.82) is 0 Å². The van der Waals surface area contributed by atoms with Crippen molar-refractivity contribution in [3.63, 3.8) is 0 Å². The molecular weight excluding hydrogens is 665 g/mol. The van der Waals surface area contributed by atoms with Crippen LogP contribution in [0.1, 0.15) is 0 Å². The zero-order chi connectivity index (χ0) is 35.4. The number of aliphatic hydroxyl groups is 1. The van der Waals surface area contributed by atoms with E-state index in [1.807, 2.05) is 30.3 Å². The molecule has 2 aromatic heterocycles. The van der Waals surface area contributed by atoms with Crippen molar-refractivity contribution in [2.24, 2.45) is 0 Å². The Labute approximate surface area is 291 Å². The highest BCUT2D eigenvalue weighted by molar-refractivity contribution is 7.99. The number of hydrogen-bond acceptors (Lipinski definition) is 11. The molecule has 50 heavy (non-hydrogen) atoms. The number of ether oxygens (including phenoxy) is 6. The number of hydrogen-bond donors (Lipinski definition) is 1. The first-order valence-corrected chi connectivity index (χ1v) is 16.4. The van der Waals surface area contributed by atoms with Crippen LogP contribution in [0.3, 0.4) is 0 Å². The van der Waals surface area contributed by atoms with Gasteiger partial charge in [0.1, 0.15) is 34.9 Å². The zero-order valence-corrected chi connectivity index (χ0v) is 28.8. The standard InChI is InChI=1S/C38H34FNO9S/c1-43-25-16-29(44-2)34-30(17-25)49-36(22-14-31(45-3)37(47-5)32(15-22)46-4)38(35(34)42)48-19-24(41)20-50-33-18-28(21-10-12-23(39)13-11-21)40-27-9-7-6-8-26(27)33/h6-18,24,41H,19-20H2,1-5H3. The number of benzene rings is 4. The monoisotopic (exact) mass is 699 g/mol. The zero-order valence-electron chi connectivity index (χ0n) is 27.9. The Morgan fingerprint density at radius 1 is 0.800 bits per heavy atom. The van der Waals surface area contributed by atoms with Crippen LogP contribution in [0.25, 0.3) is 44.5 Å². The van der Waals surface area contributed by atoms with Gasteiger partial charge in [0.05, 0.1) is 52.9 Å². The average Bonchev–Trinajstić information content (AvgIpc) is 3.15. The summed E-state index contributed by atoms with van der Waals surface area (Å²) in [4.78, 5) is 19.8. The Morgan fingerprint density at radius 3 is 2.16 bits per heavy atom. The van der Waals surface area contributed by atoms with Crippen molar-refractivity contribution in [1.82, 2.24) is 4.98 Å². The molecule has 6 rings (SSSR count). The molecule has 0 amide bonds. The smallest absolute Gasteiger partial charge is 0.239 e. The third kappa shape index (κ3) is 6.85. The van der Waals surface area contributed by atoms with E-state index in [1.165, 1.54) is 59.4 Å². The minimum absolute atomic E-state index is 0.0704. The fourth-order valence-electron chi connectivity index (χ4n) is 5.50. The maximum atomic E-state index is 14.2. The first-order chi connectivity index (χ1) is 24.3. The minimum atomic E-state index is -1.01. The highest BCUT2D eigenvalue weighted by Crippen LogP contribution is 2.44. The van der Waals surface area contributed by atoms with Gasteiger partial charge in [-0.3, -0.25) is 4.79 Å². The number of aliphatic hydroxyl groups excluding tert-OH is 1. The van der Waals surface area contributed by atoms with Crippen molar-refractivity contribution < 1.29 is 42.3 Å².